The van der Waals surface area contributed by atoms with Crippen LogP contribution in [-0.2, 0) is 17.6 Å². The highest BCUT2D eigenvalue weighted by Crippen LogP contribution is 2.30. The number of amides is 2. The van der Waals surface area contributed by atoms with Gasteiger partial charge in [0, 0.05) is 17.6 Å². The first-order valence-electron chi connectivity index (χ1n) is 8.23. The number of aromatic nitrogens is 1. The number of pyridine rings is 1. The maximum atomic E-state index is 12.9. The lowest BCUT2D eigenvalue weighted by atomic mass is 9.99. The number of nitrogens with one attached hydrogen (secondary N) is 2. The van der Waals surface area contributed by atoms with Gasteiger partial charge >= 0.3 is 0 Å². The third-order valence-electron chi connectivity index (χ3n) is 4.74. The Morgan fingerprint density at radius 3 is 2.96 bits per heavy atom. The predicted octanol–water partition coefficient (Wildman–Crippen LogP) is 1.73. The van der Waals surface area contributed by atoms with Crippen LogP contribution in [0.25, 0.3) is 10.9 Å². The molecule has 0 radical (unpaired) electrons. The number of fused-ring (bicyclic) bond motifs is 2. The zero-order valence-corrected chi connectivity index (χ0v) is 12.9. The van der Waals surface area contributed by atoms with Crippen LogP contribution in [-0.4, -0.2) is 29.4 Å². The lowest BCUT2D eigenvalue weighted by Gasteiger charge is -2.23. The summed E-state index contributed by atoms with van der Waals surface area (Å²) in [4.78, 5) is 29.5. The van der Waals surface area contributed by atoms with Crippen LogP contribution in [0.15, 0.2) is 24.3 Å². The summed E-state index contributed by atoms with van der Waals surface area (Å²) in [6.07, 6.45) is 4.43. The number of hydrogen-bond acceptors (Lipinski definition) is 3. The highest BCUT2D eigenvalue weighted by atomic mass is 16.2. The molecule has 2 N–H and O–H groups in total. The molecular weight excluding hydrogens is 290 g/mol. The number of rotatable bonds is 2. The van der Waals surface area contributed by atoms with Crippen LogP contribution in [0.4, 0.5) is 0 Å². The molecule has 0 bridgehead atoms. The van der Waals surface area contributed by atoms with Gasteiger partial charge in [0.1, 0.15) is 6.04 Å². The van der Waals surface area contributed by atoms with Crippen molar-refractivity contribution < 1.29 is 9.59 Å². The van der Waals surface area contributed by atoms with Gasteiger partial charge in [0.2, 0.25) is 5.91 Å². The van der Waals surface area contributed by atoms with Gasteiger partial charge in [-0.2, -0.15) is 0 Å². The molecular formula is C18H19N3O2. The molecule has 1 aromatic carbocycles. The summed E-state index contributed by atoms with van der Waals surface area (Å²) in [5.74, 6) is -0.233. The first-order valence-corrected chi connectivity index (χ1v) is 8.23. The lowest BCUT2D eigenvalue weighted by molar-refractivity contribution is -0.124. The monoisotopic (exact) mass is 309 g/mol. The van der Waals surface area contributed by atoms with Gasteiger partial charge in [-0.1, -0.05) is 18.2 Å². The molecule has 2 heterocycles. The first kappa shape index (κ1) is 14.2. The molecule has 1 fully saturated rings. The predicted molar refractivity (Wildman–Crippen MR) is 87.3 cm³/mol. The molecule has 0 unspecified atom stereocenters. The van der Waals surface area contributed by atoms with Crippen molar-refractivity contribution in [2.75, 3.05) is 6.54 Å². The Labute approximate surface area is 134 Å². The molecule has 1 aromatic heterocycles. The quantitative estimate of drug-likeness (QED) is 0.887. The minimum Gasteiger partial charge on any atom is -0.354 e. The fourth-order valence-corrected chi connectivity index (χ4v) is 3.61. The Kier molecular flexibility index (Phi) is 3.48. The molecule has 4 rings (SSSR count). The molecule has 118 valence electrons. The normalized spacial score (nSPS) is 20.2. The van der Waals surface area contributed by atoms with E-state index in [9.17, 15) is 9.59 Å². The summed E-state index contributed by atoms with van der Waals surface area (Å²) in [6.45, 7) is 0.693. The van der Waals surface area contributed by atoms with E-state index in [1.54, 1.807) is 0 Å². The summed E-state index contributed by atoms with van der Waals surface area (Å²) in [7, 11) is 0. The highest BCUT2D eigenvalue weighted by molar-refractivity contribution is 6.09. The average molecular weight is 309 g/mol. The van der Waals surface area contributed by atoms with Crippen LogP contribution in [0.1, 0.15) is 40.9 Å². The van der Waals surface area contributed by atoms with Crippen molar-refractivity contribution in [2.24, 2.45) is 0 Å². The van der Waals surface area contributed by atoms with Crippen molar-refractivity contribution in [2.45, 2.75) is 38.1 Å². The van der Waals surface area contributed by atoms with Crippen molar-refractivity contribution in [3.05, 3.63) is 41.1 Å². The van der Waals surface area contributed by atoms with E-state index >= 15 is 0 Å². The molecule has 2 aromatic rings. The number of carbonyl (C=O) groups is 2. The standard InChI is InChI=1S/C18H19N3O2/c22-17-15(9-4-10-19-17)21-18(23)16-11-5-1-2-7-13(11)20-14-8-3-6-12(14)16/h1-2,5,7,15H,3-4,6,8-10H2,(H,19,22)(H,21,23)/t15-/m1/s1. The summed E-state index contributed by atoms with van der Waals surface area (Å²) in [5, 5.41) is 6.62. The minimum absolute atomic E-state index is 0.0837. The van der Waals surface area contributed by atoms with E-state index in [4.69, 9.17) is 4.98 Å². The maximum Gasteiger partial charge on any atom is 0.252 e. The topological polar surface area (TPSA) is 71.1 Å². The molecule has 0 saturated carbocycles. The van der Waals surface area contributed by atoms with Crippen molar-refractivity contribution >= 4 is 22.7 Å². The lowest BCUT2D eigenvalue weighted by Crippen LogP contribution is -2.50. The van der Waals surface area contributed by atoms with E-state index in [2.05, 4.69) is 10.6 Å². The minimum atomic E-state index is -0.430. The second-order valence-corrected chi connectivity index (χ2v) is 6.24. The second kappa shape index (κ2) is 5.65. The van der Waals surface area contributed by atoms with Crippen molar-refractivity contribution in [3.8, 4) is 0 Å². The summed E-state index contributed by atoms with van der Waals surface area (Å²) in [5.41, 5.74) is 3.65. The number of nitrogens with zero attached hydrogens (tertiary/aromatic N) is 1. The van der Waals surface area contributed by atoms with Gasteiger partial charge in [0.25, 0.3) is 5.91 Å². The van der Waals surface area contributed by atoms with Gasteiger partial charge in [0.15, 0.2) is 0 Å². The number of carbonyl (C=O) groups excluding carboxylic acids is 2. The van der Waals surface area contributed by atoms with Gasteiger partial charge in [-0.25, -0.2) is 0 Å². The zero-order chi connectivity index (χ0) is 15.8. The third kappa shape index (κ3) is 2.46. The number of hydrogen-bond donors (Lipinski definition) is 2. The van der Waals surface area contributed by atoms with Crippen LogP contribution >= 0.6 is 0 Å². The summed E-state index contributed by atoms with van der Waals surface area (Å²) < 4.78 is 0. The van der Waals surface area contributed by atoms with Crippen LogP contribution in [0, 0.1) is 0 Å². The first-order chi connectivity index (χ1) is 11.2. The van der Waals surface area contributed by atoms with Gasteiger partial charge in [-0.3, -0.25) is 14.6 Å². The molecule has 0 spiro atoms. The molecule has 23 heavy (non-hydrogen) atoms. The highest BCUT2D eigenvalue weighted by Gasteiger charge is 2.28. The molecule has 1 atom stereocenters. The molecule has 5 heteroatoms. The molecule has 2 amide bonds. The Balaban J connectivity index is 1.75. The molecule has 5 nitrogen and oxygen atoms in total. The molecule has 1 saturated heterocycles. The third-order valence-corrected chi connectivity index (χ3v) is 4.74. The molecule has 1 aliphatic heterocycles. The Hall–Kier alpha value is -2.43. The van der Waals surface area contributed by atoms with E-state index in [1.165, 1.54) is 0 Å². The number of aryl methyl sites for hydroxylation is 1. The van der Waals surface area contributed by atoms with Crippen LogP contribution < -0.4 is 10.6 Å². The van der Waals surface area contributed by atoms with Crippen LogP contribution in [0.2, 0.25) is 0 Å². The van der Waals surface area contributed by atoms with Crippen LogP contribution in [0.3, 0.4) is 0 Å². The number of piperidine rings is 1. The van der Waals surface area contributed by atoms with Gasteiger partial charge in [-0.05, 0) is 43.7 Å². The fourth-order valence-electron chi connectivity index (χ4n) is 3.61. The second-order valence-electron chi connectivity index (χ2n) is 6.24. The largest absolute Gasteiger partial charge is 0.354 e. The van der Waals surface area contributed by atoms with E-state index in [0.29, 0.717) is 18.5 Å². The van der Waals surface area contributed by atoms with Crippen molar-refractivity contribution in [3.63, 3.8) is 0 Å². The van der Waals surface area contributed by atoms with E-state index in [-0.39, 0.29) is 11.8 Å². The summed E-state index contributed by atoms with van der Waals surface area (Å²) in [6, 6.07) is 7.32. The SMILES string of the molecule is O=C(N[C@@H]1CCCNC1=O)c1c2c(nc3ccccc13)CCC2. The van der Waals surface area contributed by atoms with Crippen molar-refractivity contribution in [1.82, 2.24) is 15.6 Å². The van der Waals surface area contributed by atoms with Gasteiger partial charge in [-0.15, -0.1) is 0 Å². The zero-order valence-electron chi connectivity index (χ0n) is 12.9. The van der Waals surface area contributed by atoms with E-state index < -0.39 is 6.04 Å². The van der Waals surface area contributed by atoms with Crippen LogP contribution in [0.5, 0.6) is 0 Å². The molecule has 1 aliphatic carbocycles. The number of para-hydroxylation sites is 1. The Morgan fingerprint density at radius 1 is 1.22 bits per heavy atom. The Bertz CT molecular complexity index is 800. The Morgan fingerprint density at radius 2 is 2.09 bits per heavy atom. The maximum absolute atomic E-state index is 12.9. The van der Waals surface area contributed by atoms with Gasteiger partial charge in [0.05, 0.1) is 11.1 Å². The summed E-state index contributed by atoms with van der Waals surface area (Å²) >= 11 is 0. The number of benzene rings is 1. The van der Waals surface area contributed by atoms with Gasteiger partial charge < -0.3 is 10.6 Å². The molecule has 2 aliphatic rings. The van der Waals surface area contributed by atoms with Crippen molar-refractivity contribution in [1.29, 1.82) is 0 Å². The fraction of sp³-hybridized carbons (Fsp3) is 0.389. The average Bonchev–Trinajstić information content (AvgIpc) is 3.02. The van der Waals surface area contributed by atoms with E-state index in [0.717, 1.165) is 47.8 Å². The smallest absolute Gasteiger partial charge is 0.252 e. The van der Waals surface area contributed by atoms with E-state index in [1.807, 2.05) is 24.3 Å².